The molecule has 12 heteroatoms. The average Bonchev–Trinajstić information content (AvgIpc) is 3.10. The molecule has 0 fully saturated rings. The maximum Gasteiger partial charge on any atom is 0.416 e. The average molecular weight is 473 g/mol. The first-order chi connectivity index (χ1) is 15.0. The summed E-state index contributed by atoms with van der Waals surface area (Å²) >= 11 is 6.18. The molecule has 2 heterocycles. The Hall–Kier alpha value is -3.18. The topological polar surface area (TPSA) is 79.2 Å². The first-order valence-corrected chi connectivity index (χ1v) is 9.52. The quantitative estimate of drug-likeness (QED) is 0.394. The summed E-state index contributed by atoms with van der Waals surface area (Å²) in [6.45, 7) is -0.137. The summed E-state index contributed by atoms with van der Waals surface area (Å²) in [7, 11) is 0. The lowest BCUT2D eigenvalue weighted by Gasteiger charge is -2.28. The summed E-state index contributed by atoms with van der Waals surface area (Å²) < 4.78 is 68.0. The van der Waals surface area contributed by atoms with Gasteiger partial charge in [-0.3, -0.25) is 4.79 Å². The highest BCUT2D eigenvalue weighted by molar-refractivity contribution is 6.31. The van der Waals surface area contributed by atoms with Crippen LogP contribution in [0.5, 0.6) is 0 Å². The fraction of sp³-hybridized carbons (Fsp3) is 0.200. The minimum Gasteiger partial charge on any atom is -0.369 e. The van der Waals surface area contributed by atoms with Crippen molar-refractivity contribution in [2.24, 2.45) is 0 Å². The minimum absolute atomic E-state index is 0.0133. The second-order valence-electron chi connectivity index (χ2n) is 7.09. The van der Waals surface area contributed by atoms with Gasteiger partial charge in [-0.2, -0.15) is 13.2 Å². The van der Waals surface area contributed by atoms with Crippen molar-refractivity contribution < 1.29 is 31.9 Å². The van der Waals surface area contributed by atoms with Crippen molar-refractivity contribution in [3.8, 4) is 0 Å². The van der Waals surface area contributed by atoms with Crippen LogP contribution in [0.1, 0.15) is 34.7 Å². The van der Waals surface area contributed by atoms with Crippen LogP contribution in [-0.4, -0.2) is 20.6 Å². The van der Waals surface area contributed by atoms with E-state index in [1.165, 1.54) is 17.0 Å². The second-order valence-corrected chi connectivity index (χ2v) is 7.50. The molecule has 1 aliphatic heterocycles. The molecule has 1 aliphatic rings. The number of alkyl halides is 3. The number of benzene rings is 2. The normalized spacial score (nSPS) is 17.0. The molecule has 1 aromatic heterocycles. The molecular formula is C20H14ClF5N4O2. The molecule has 0 saturated heterocycles. The zero-order valence-electron chi connectivity index (χ0n) is 15.9. The van der Waals surface area contributed by atoms with Crippen molar-refractivity contribution in [1.29, 1.82) is 0 Å². The number of hydrogen-bond donors (Lipinski definition) is 3. The predicted molar refractivity (Wildman–Crippen MR) is 104 cm³/mol. The number of nitrogens with zero attached hydrogens (tertiary/aromatic N) is 2. The number of rotatable bonds is 4. The van der Waals surface area contributed by atoms with Crippen LogP contribution < -0.4 is 10.6 Å². The number of halogens is 6. The Labute approximate surface area is 182 Å². The lowest BCUT2D eigenvalue weighted by Crippen LogP contribution is -2.39. The van der Waals surface area contributed by atoms with Gasteiger partial charge in [0.1, 0.15) is 18.2 Å². The van der Waals surface area contributed by atoms with E-state index in [9.17, 15) is 31.9 Å². The van der Waals surface area contributed by atoms with Gasteiger partial charge in [0, 0.05) is 16.1 Å². The number of aromatic nitrogens is 2. The van der Waals surface area contributed by atoms with E-state index >= 15 is 0 Å². The second kappa shape index (κ2) is 8.06. The van der Waals surface area contributed by atoms with E-state index in [1.807, 2.05) is 0 Å². The molecule has 0 radical (unpaired) electrons. The molecule has 32 heavy (non-hydrogen) atoms. The third kappa shape index (κ3) is 4.26. The van der Waals surface area contributed by atoms with Crippen LogP contribution >= 0.6 is 11.6 Å². The summed E-state index contributed by atoms with van der Waals surface area (Å²) in [5.74, 6) is -2.21. The van der Waals surface area contributed by atoms with Crippen LogP contribution in [0.4, 0.5) is 27.8 Å². The van der Waals surface area contributed by atoms with Crippen molar-refractivity contribution in [3.63, 3.8) is 0 Å². The SMILES string of the molecule is O=C1Cn2cnc(NC(O)c3cc(F)cc(C(F)(F)F)c3)c2C(c2cc(F)ccc2Cl)N1. The number of nitrogens with one attached hydrogen (secondary N) is 2. The maximum absolute atomic E-state index is 13.8. The van der Waals surface area contributed by atoms with E-state index < -0.39 is 41.6 Å². The lowest BCUT2D eigenvalue weighted by atomic mass is 10.0. The number of imidazole rings is 1. The van der Waals surface area contributed by atoms with Crippen LogP contribution in [0.15, 0.2) is 42.7 Å². The summed E-state index contributed by atoms with van der Waals surface area (Å²) in [5.41, 5.74) is -1.16. The van der Waals surface area contributed by atoms with Gasteiger partial charge in [-0.1, -0.05) is 11.6 Å². The third-order valence-corrected chi connectivity index (χ3v) is 5.22. The summed E-state index contributed by atoms with van der Waals surface area (Å²) in [6.07, 6.45) is -5.31. The standard InChI is InChI=1S/C20H14ClF5N4O2/c21-14-2-1-11(22)6-13(14)16-17-18(27-8-30(17)7-15(31)28-16)29-19(32)9-3-10(20(24,25)26)5-12(23)4-9/h1-6,8,16,19,29,32H,7H2,(H,28,31). The first-order valence-electron chi connectivity index (χ1n) is 9.14. The molecule has 6 nitrogen and oxygen atoms in total. The van der Waals surface area contributed by atoms with Crippen molar-refractivity contribution in [1.82, 2.24) is 14.9 Å². The van der Waals surface area contributed by atoms with E-state index in [0.29, 0.717) is 12.1 Å². The molecule has 0 spiro atoms. The number of amides is 1. The maximum atomic E-state index is 13.8. The molecule has 0 aliphatic carbocycles. The van der Waals surface area contributed by atoms with Gasteiger partial charge in [-0.15, -0.1) is 0 Å². The number of aliphatic hydroxyl groups excluding tert-OH is 1. The van der Waals surface area contributed by atoms with Gasteiger partial charge in [0.25, 0.3) is 0 Å². The van der Waals surface area contributed by atoms with Crippen molar-refractivity contribution >= 4 is 23.3 Å². The van der Waals surface area contributed by atoms with Gasteiger partial charge in [0.05, 0.1) is 23.6 Å². The number of aliphatic hydroxyl groups is 1. The van der Waals surface area contributed by atoms with Gasteiger partial charge in [0.2, 0.25) is 5.91 Å². The molecule has 0 saturated carbocycles. The van der Waals surface area contributed by atoms with E-state index in [0.717, 1.165) is 18.2 Å². The third-order valence-electron chi connectivity index (χ3n) is 4.88. The fourth-order valence-electron chi connectivity index (χ4n) is 3.47. The number of fused-ring (bicyclic) bond motifs is 1. The summed E-state index contributed by atoms with van der Waals surface area (Å²) in [6, 6.07) is 4.27. The molecule has 2 aromatic carbocycles. The van der Waals surface area contributed by atoms with Crippen LogP contribution in [0.2, 0.25) is 5.02 Å². The zero-order chi connectivity index (χ0) is 23.2. The molecule has 0 bridgehead atoms. The lowest BCUT2D eigenvalue weighted by molar-refractivity contribution is -0.137. The number of anilines is 1. The predicted octanol–water partition coefficient (Wildman–Crippen LogP) is 4.16. The molecule has 2 atom stereocenters. The van der Waals surface area contributed by atoms with Crippen molar-refractivity contribution in [3.05, 3.63) is 81.8 Å². The van der Waals surface area contributed by atoms with E-state index in [4.69, 9.17) is 11.6 Å². The fourth-order valence-corrected chi connectivity index (χ4v) is 3.70. The van der Waals surface area contributed by atoms with Gasteiger partial charge in [-0.25, -0.2) is 13.8 Å². The van der Waals surface area contributed by atoms with E-state index in [2.05, 4.69) is 15.6 Å². The molecular weight excluding hydrogens is 459 g/mol. The van der Waals surface area contributed by atoms with Gasteiger partial charge >= 0.3 is 6.18 Å². The van der Waals surface area contributed by atoms with Crippen LogP contribution in [-0.2, 0) is 17.5 Å². The molecule has 168 valence electrons. The minimum atomic E-state index is -4.81. The van der Waals surface area contributed by atoms with Crippen molar-refractivity contribution in [2.75, 3.05) is 5.32 Å². The Balaban J connectivity index is 1.71. The molecule has 3 N–H and O–H groups in total. The summed E-state index contributed by atoms with van der Waals surface area (Å²) in [4.78, 5) is 16.2. The largest absolute Gasteiger partial charge is 0.416 e. The number of carbonyl (C=O) groups is 1. The molecule has 2 unspecified atom stereocenters. The zero-order valence-corrected chi connectivity index (χ0v) is 16.7. The van der Waals surface area contributed by atoms with Gasteiger partial charge in [-0.05, 0) is 36.4 Å². The number of hydrogen-bond acceptors (Lipinski definition) is 4. The Morgan fingerprint density at radius 1 is 1.19 bits per heavy atom. The van der Waals surface area contributed by atoms with Crippen LogP contribution in [0.25, 0.3) is 0 Å². The first kappa shape index (κ1) is 22.0. The Morgan fingerprint density at radius 3 is 2.66 bits per heavy atom. The number of carbonyl (C=O) groups excluding carboxylic acids is 1. The molecule has 4 rings (SSSR count). The Kier molecular flexibility index (Phi) is 5.55. The van der Waals surface area contributed by atoms with E-state index in [1.54, 1.807) is 0 Å². The molecule has 3 aromatic rings. The highest BCUT2D eigenvalue weighted by Gasteiger charge is 2.34. The smallest absolute Gasteiger partial charge is 0.369 e. The monoisotopic (exact) mass is 472 g/mol. The summed E-state index contributed by atoms with van der Waals surface area (Å²) in [5, 5.41) is 15.8. The highest BCUT2D eigenvalue weighted by atomic mass is 35.5. The van der Waals surface area contributed by atoms with Gasteiger partial charge in [0.15, 0.2) is 12.0 Å². The molecule has 1 amide bonds. The van der Waals surface area contributed by atoms with Crippen LogP contribution in [0.3, 0.4) is 0 Å². The Bertz CT molecular complexity index is 1200. The van der Waals surface area contributed by atoms with Crippen LogP contribution in [0, 0.1) is 11.6 Å². The van der Waals surface area contributed by atoms with E-state index in [-0.39, 0.29) is 34.2 Å². The van der Waals surface area contributed by atoms with Gasteiger partial charge < -0.3 is 20.3 Å². The van der Waals surface area contributed by atoms with Crippen molar-refractivity contribution in [2.45, 2.75) is 25.0 Å². The Morgan fingerprint density at radius 2 is 1.94 bits per heavy atom. The highest BCUT2D eigenvalue weighted by Crippen LogP contribution is 2.36.